The third-order valence-corrected chi connectivity index (χ3v) is 3.96. The third kappa shape index (κ3) is 2.37. The van der Waals surface area contributed by atoms with Crippen LogP contribution < -0.4 is 0 Å². The van der Waals surface area contributed by atoms with Crippen molar-refractivity contribution in [3.05, 3.63) is 59.5 Å². The Balaban J connectivity index is 1.65. The predicted octanol–water partition coefficient (Wildman–Crippen LogP) is 1.19. The Hall–Kier alpha value is -3.75. The van der Waals surface area contributed by atoms with Crippen LogP contribution in [0.15, 0.2) is 42.9 Å². The molecule has 0 saturated heterocycles. The van der Waals surface area contributed by atoms with Gasteiger partial charge in [0.25, 0.3) is 11.8 Å². The molecule has 3 heterocycles. The summed E-state index contributed by atoms with van der Waals surface area (Å²) in [7, 11) is 3.39. The van der Waals surface area contributed by atoms with Crippen molar-refractivity contribution in [2.75, 3.05) is 0 Å². The van der Waals surface area contributed by atoms with Crippen LogP contribution in [0.4, 0.5) is 0 Å². The largest absolute Gasteiger partial charge is 0.367 e. The van der Waals surface area contributed by atoms with E-state index in [1.807, 2.05) is 0 Å². The van der Waals surface area contributed by atoms with Crippen LogP contribution in [0.25, 0.3) is 11.3 Å². The highest BCUT2D eigenvalue weighted by Crippen LogP contribution is 2.26. The summed E-state index contributed by atoms with van der Waals surface area (Å²) in [6.07, 6.45) is 4.71. The van der Waals surface area contributed by atoms with Gasteiger partial charge in [-0.3, -0.25) is 19.0 Å². The predicted molar refractivity (Wildman–Crippen MR) is 87.8 cm³/mol. The van der Waals surface area contributed by atoms with Crippen LogP contribution in [0.3, 0.4) is 0 Å². The van der Waals surface area contributed by atoms with E-state index in [1.165, 1.54) is 23.0 Å². The molecule has 4 rings (SSSR count). The molecule has 9 nitrogen and oxygen atoms in total. The molecular formula is C17H13N5O4. The molecule has 0 aliphatic carbocycles. The van der Waals surface area contributed by atoms with Gasteiger partial charge in [0.05, 0.1) is 17.3 Å². The lowest BCUT2D eigenvalue weighted by atomic mass is 10.1. The highest BCUT2D eigenvalue weighted by atomic mass is 16.7. The van der Waals surface area contributed by atoms with Gasteiger partial charge in [0.2, 0.25) is 0 Å². The highest BCUT2D eigenvalue weighted by molar-refractivity contribution is 6.21. The molecule has 0 unspecified atom stereocenters. The average molecular weight is 351 g/mol. The van der Waals surface area contributed by atoms with Crippen LogP contribution in [0.2, 0.25) is 0 Å². The number of carbonyl (C=O) groups excluding carboxylic acids is 3. The Morgan fingerprint density at radius 1 is 1.00 bits per heavy atom. The Kier molecular flexibility index (Phi) is 3.43. The Morgan fingerprint density at radius 3 is 2.23 bits per heavy atom. The van der Waals surface area contributed by atoms with Gasteiger partial charge in [-0.25, -0.2) is 4.79 Å². The van der Waals surface area contributed by atoms with Crippen LogP contribution in [0.1, 0.15) is 31.1 Å². The summed E-state index contributed by atoms with van der Waals surface area (Å²) in [5.74, 6) is -2.21. The molecule has 0 fully saturated rings. The zero-order valence-corrected chi connectivity index (χ0v) is 13.9. The van der Waals surface area contributed by atoms with Gasteiger partial charge in [0.15, 0.2) is 0 Å². The van der Waals surface area contributed by atoms with Crippen LogP contribution in [-0.2, 0) is 18.9 Å². The van der Waals surface area contributed by atoms with Crippen molar-refractivity contribution in [3.63, 3.8) is 0 Å². The number of hydrogen-bond acceptors (Lipinski definition) is 6. The van der Waals surface area contributed by atoms with Crippen molar-refractivity contribution < 1.29 is 19.2 Å². The molecule has 1 aliphatic rings. The average Bonchev–Trinajstić information content (AvgIpc) is 3.29. The van der Waals surface area contributed by atoms with E-state index in [0.29, 0.717) is 16.3 Å². The fourth-order valence-electron chi connectivity index (χ4n) is 2.78. The number of aryl methyl sites for hydroxylation is 2. The summed E-state index contributed by atoms with van der Waals surface area (Å²) in [6, 6.07) is 6.29. The maximum Gasteiger partial charge on any atom is 0.367 e. The van der Waals surface area contributed by atoms with Crippen molar-refractivity contribution in [1.82, 2.24) is 24.6 Å². The van der Waals surface area contributed by atoms with Gasteiger partial charge in [-0.1, -0.05) is 17.2 Å². The zero-order chi connectivity index (χ0) is 18.4. The van der Waals surface area contributed by atoms with E-state index in [0.717, 1.165) is 0 Å². The first kappa shape index (κ1) is 15.8. The third-order valence-electron chi connectivity index (χ3n) is 3.96. The van der Waals surface area contributed by atoms with Gasteiger partial charge >= 0.3 is 5.97 Å². The number of imide groups is 1. The van der Waals surface area contributed by atoms with Gasteiger partial charge in [-0.05, 0) is 12.1 Å². The standard InChI is InChI=1S/C17H13N5O4/c1-20-8-10(7-18-20)14-13(9-21(2)19-14)17(25)26-22-15(23)11-5-3-4-6-12(11)16(22)24/h3-9H,1-2H3. The molecule has 130 valence electrons. The number of amides is 2. The van der Waals surface area contributed by atoms with Gasteiger partial charge < -0.3 is 4.84 Å². The fraction of sp³-hybridized carbons (Fsp3) is 0.118. The van der Waals surface area contributed by atoms with Crippen molar-refractivity contribution in [1.29, 1.82) is 0 Å². The fourth-order valence-corrected chi connectivity index (χ4v) is 2.78. The quantitative estimate of drug-likeness (QED) is 0.657. The molecule has 0 saturated carbocycles. The second-order valence-corrected chi connectivity index (χ2v) is 5.80. The molecule has 0 spiro atoms. The van der Waals surface area contributed by atoms with Gasteiger partial charge in [0.1, 0.15) is 11.3 Å². The van der Waals surface area contributed by atoms with Gasteiger partial charge in [-0.15, -0.1) is 0 Å². The van der Waals surface area contributed by atoms with Crippen LogP contribution in [0.5, 0.6) is 0 Å². The molecule has 2 aromatic heterocycles. The van der Waals surface area contributed by atoms with Crippen LogP contribution in [0, 0.1) is 0 Å². The molecule has 9 heteroatoms. The Labute approximate surface area is 147 Å². The first-order valence-electron chi connectivity index (χ1n) is 7.68. The second-order valence-electron chi connectivity index (χ2n) is 5.80. The van der Waals surface area contributed by atoms with E-state index in [9.17, 15) is 14.4 Å². The summed E-state index contributed by atoms with van der Waals surface area (Å²) >= 11 is 0. The van der Waals surface area contributed by atoms with Gasteiger partial charge in [0, 0.05) is 32.1 Å². The number of aromatic nitrogens is 4. The number of fused-ring (bicyclic) bond motifs is 1. The number of benzene rings is 1. The van der Waals surface area contributed by atoms with E-state index in [2.05, 4.69) is 10.2 Å². The summed E-state index contributed by atoms with van der Waals surface area (Å²) < 4.78 is 3.02. The summed E-state index contributed by atoms with van der Waals surface area (Å²) in [6.45, 7) is 0. The first-order chi connectivity index (χ1) is 12.5. The van der Waals surface area contributed by atoms with Crippen LogP contribution >= 0.6 is 0 Å². The first-order valence-corrected chi connectivity index (χ1v) is 7.68. The number of rotatable bonds is 3. The minimum absolute atomic E-state index is 0.122. The smallest absolute Gasteiger partial charge is 0.324 e. The Morgan fingerprint density at radius 2 is 1.65 bits per heavy atom. The number of nitrogens with zero attached hydrogens (tertiary/aromatic N) is 5. The van der Waals surface area contributed by atoms with Crippen molar-refractivity contribution in [2.45, 2.75) is 0 Å². The SMILES string of the molecule is Cn1cc(-c2nn(C)cc2C(=O)ON2C(=O)c3ccccc3C2=O)cn1. The topological polar surface area (TPSA) is 99.3 Å². The van der Waals surface area contributed by atoms with Crippen molar-refractivity contribution >= 4 is 17.8 Å². The van der Waals surface area contributed by atoms with E-state index < -0.39 is 17.8 Å². The number of hydrogen-bond donors (Lipinski definition) is 0. The Bertz CT molecular complexity index is 1030. The summed E-state index contributed by atoms with van der Waals surface area (Å²) in [5, 5.41) is 8.77. The molecule has 0 radical (unpaired) electrons. The molecular weight excluding hydrogens is 338 g/mol. The second kappa shape index (κ2) is 5.66. The minimum atomic E-state index is -0.855. The monoisotopic (exact) mass is 351 g/mol. The summed E-state index contributed by atoms with van der Waals surface area (Å²) in [4.78, 5) is 42.4. The van der Waals surface area contributed by atoms with Crippen molar-refractivity contribution in [2.24, 2.45) is 14.1 Å². The summed E-state index contributed by atoms with van der Waals surface area (Å²) in [5.41, 5.74) is 1.48. The maximum atomic E-state index is 12.6. The zero-order valence-electron chi connectivity index (χ0n) is 13.9. The van der Waals surface area contributed by atoms with E-state index in [1.54, 1.807) is 43.3 Å². The molecule has 1 aliphatic heterocycles. The normalized spacial score (nSPS) is 13.2. The maximum absolute atomic E-state index is 12.6. The number of hydroxylamine groups is 2. The molecule has 1 aromatic carbocycles. The minimum Gasteiger partial charge on any atom is -0.324 e. The molecule has 2 amide bonds. The van der Waals surface area contributed by atoms with E-state index >= 15 is 0 Å². The molecule has 3 aromatic rings. The highest BCUT2D eigenvalue weighted by Gasteiger charge is 2.39. The lowest BCUT2D eigenvalue weighted by Crippen LogP contribution is -2.32. The number of carbonyl (C=O) groups is 3. The van der Waals surface area contributed by atoms with Gasteiger partial charge in [-0.2, -0.15) is 10.2 Å². The molecule has 0 atom stereocenters. The molecule has 0 bridgehead atoms. The van der Waals surface area contributed by atoms with Crippen molar-refractivity contribution in [3.8, 4) is 11.3 Å². The lowest BCUT2D eigenvalue weighted by Gasteiger charge is -2.12. The molecule has 26 heavy (non-hydrogen) atoms. The van der Waals surface area contributed by atoms with E-state index in [4.69, 9.17) is 4.84 Å². The van der Waals surface area contributed by atoms with E-state index in [-0.39, 0.29) is 16.7 Å². The van der Waals surface area contributed by atoms with Crippen LogP contribution in [-0.4, -0.2) is 42.4 Å². The lowest BCUT2D eigenvalue weighted by molar-refractivity contribution is -0.0584. The molecule has 0 N–H and O–H groups in total.